The van der Waals surface area contributed by atoms with Gasteiger partial charge in [0.25, 0.3) is 5.91 Å². The molecule has 1 N–H and O–H groups in total. The van der Waals surface area contributed by atoms with Crippen molar-refractivity contribution < 1.29 is 9.53 Å². The van der Waals surface area contributed by atoms with Gasteiger partial charge >= 0.3 is 0 Å². The zero-order valence-electron chi connectivity index (χ0n) is 13.9. The summed E-state index contributed by atoms with van der Waals surface area (Å²) in [6.07, 6.45) is 1.61. The lowest BCUT2D eigenvalue weighted by molar-refractivity contribution is 0.102. The number of carbonyl (C=O) groups is 1. The first-order chi connectivity index (χ1) is 12.2. The summed E-state index contributed by atoms with van der Waals surface area (Å²) < 4.78 is 5.65. The van der Waals surface area contributed by atoms with E-state index in [2.05, 4.69) is 15.5 Å². The van der Waals surface area contributed by atoms with Gasteiger partial charge in [-0.3, -0.25) is 10.1 Å². The van der Waals surface area contributed by atoms with Crippen LogP contribution in [0.15, 0.2) is 54.6 Å². The standard InChI is InChI=1S/C19H19N3O2S/c1-14-7-5-8-15(13-14)18(23)20-19-22-21-17(25-19)11-6-12-24-16-9-3-2-4-10-16/h2-5,7-10,13H,6,11-12H2,1H3,(H,20,22,23). The van der Waals surface area contributed by atoms with E-state index in [4.69, 9.17) is 4.74 Å². The third-order valence-corrected chi connectivity index (χ3v) is 4.41. The SMILES string of the molecule is Cc1cccc(C(=O)Nc2nnc(CCCOc3ccccc3)s2)c1. The fourth-order valence-electron chi connectivity index (χ4n) is 2.29. The molecule has 3 aromatic rings. The van der Waals surface area contributed by atoms with Crippen molar-refractivity contribution in [2.24, 2.45) is 0 Å². The van der Waals surface area contributed by atoms with Crippen molar-refractivity contribution in [1.29, 1.82) is 0 Å². The Morgan fingerprint density at radius 2 is 1.96 bits per heavy atom. The van der Waals surface area contributed by atoms with E-state index in [0.717, 1.165) is 29.2 Å². The molecule has 1 amide bonds. The summed E-state index contributed by atoms with van der Waals surface area (Å²) in [6, 6.07) is 17.2. The molecule has 0 aliphatic rings. The molecule has 0 unspecified atom stereocenters. The molecule has 0 aliphatic carbocycles. The van der Waals surface area contributed by atoms with Gasteiger partial charge in [-0.15, -0.1) is 10.2 Å². The Hall–Kier alpha value is -2.73. The topological polar surface area (TPSA) is 64.1 Å². The van der Waals surface area contributed by atoms with Crippen LogP contribution >= 0.6 is 11.3 Å². The quantitative estimate of drug-likeness (QED) is 0.649. The smallest absolute Gasteiger partial charge is 0.257 e. The number of hydrogen-bond acceptors (Lipinski definition) is 5. The molecule has 5 nitrogen and oxygen atoms in total. The van der Waals surface area contributed by atoms with Crippen LogP contribution in [0.4, 0.5) is 5.13 Å². The maximum Gasteiger partial charge on any atom is 0.257 e. The summed E-state index contributed by atoms with van der Waals surface area (Å²) in [6.45, 7) is 2.58. The highest BCUT2D eigenvalue weighted by Crippen LogP contribution is 2.18. The molecule has 6 heteroatoms. The van der Waals surface area contributed by atoms with Gasteiger partial charge in [0.1, 0.15) is 10.8 Å². The van der Waals surface area contributed by atoms with Gasteiger partial charge in [-0.2, -0.15) is 0 Å². The predicted molar refractivity (Wildman–Crippen MR) is 99.3 cm³/mol. The van der Waals surface area contributed by atoms with Gasteiger partial charge in [-0.05, 0) is 37.6 Å². The summed E-state index contributed by atoms with van der Waals surface area (Å²) in [5, 5.41) is 12.4. The summed E-state index contributed by atoms with van der Waals surface area (Å²) in [5.74, 6) is 0.699. The second kappa shape index (κ2) is 8.39. The van der Waals surface area contributed by atoms with Gasteiger partial charge < -0.3 is 4.74 Å². The average Bonchev–Trinajstić information content (AvgIpc) is 3.07. The van der Waals surface area contributed by atoms with Crippen molar-refractivity contribution >= 4 is 22.4 Å². The molecule has 0 saturated heterocycles. The van der Waals surface area contributed by atoms with Gasteiger partial charge in [0.15, 0.2) is 0 Å². The maximum absolute atomic E-state index is 12.2. The fraction of sp³-hybridized carbons (Fsp3) is 0.211. The molecule has 0 spiro atoms. The summed E-state index contributed by atoms with van der Waals surface area (Å²) in [5.41, 5.74) is 1.66. The third-order valence-electron chi connectivity index (χ3n) is 3.51. The molecular weight excluding hydrogens is 334 g/mol. The number of amides is 1. The first-order valence-corrected chi connectivity index (χ1v) is 8.90. The van der Waals surface area contributed by atoms with E-state index in [9.17, 15) is 4.79 Å². The number of aryl methyl sites for hydroxylation is 2. The van der Waals surface area contributed by atoms with E-state index in [1.807, 2.05) is 55.5 Å². The lowest BCUT2D eigenvalue weighted by Gasteiger charge is -2.04. The van der Waals surface area contributed by atoms with Crippen LogP contribution in [0.3, 0.4) is 0 Å². The number of para-hydroxylation sites is 1. The number of benzene rings is 2. The molecule has 3 rings (SSSR count). The van der Waals surface area contributed by atoms with Crippen molar-refractivity contribution in [2.45, 2.75) is 19.8 Å². The van der Waals surface area contributed by atoms with Crippen molar-refractivity contribution in [2.75, 3.05) is 11.9 Å². The second-order valence-corrected chi connectivity index (χ2v) is 6.65. The normalized spacial score (nSPS) is 10.4. The molecule has 0 radical (unpaired) electrons. The number of aromatic nitrogens is 2. The van der Waals surface area contributed by atoms with E-state index in [0.29, 0.717) is 17.3 Å². The monoisotopic (exact) mass is 353 g/mol. The van der Waals surface area contributed by atoms with Crippen LogP contribution in [0, 0.1) is 6.92 Å². The van der Waals surface area contributed by atoms with Crippen molar-refractivity contribution in [1.82, 2.24) is 10.2 Å². The van der Waals surface area contributed by atoms with Gasteiger partial charge in [-0.1, -0.05) is 47.2 Å². The fourth-order valence-corrected chi connectivity index (χ4v) is 3.07. The largest absolute Gasteiger partial charge is 0.494 e. The van der Waals surface area contributed by atoms with Crippen molar-refractivity contribution in [3.05, 3.63) is 70.7 Å². The number of anilines is 1. The molecule has 128 valence electrons. The lowest BCUT2D eigenvalue weighted by Crippen LogP contribution is -2.11. The molecule has 1 aromatic heterocycles. The van der Waals surface area contributed by atoms with Crippen LogP contribution in [0.1, 0.15) is 27.3 Å². The van der Waals surface area contributed by atoms with Crippen molar-refractivity contribution in [3.63, 3.8) is 0 Å². The predicted octanol–water partition coefficient (Wildman–Crippen LogP) is 4.11. The molecule has 0 bridgehead atoms. The number of nitrogens with one attached hydrogen (secondary N) is 1. The number of carbonyl (C=O) groups excluding carboxylic acids is 1. The Morgan fingerprint density at radius 1 is 1.12 bits per heavy atom. The third kappa shape index (κ3) is 5.12. The van der Waals surface area contributed by atoms with Gasteiger partial charge in [0.05, 0.1) is 6.61 Å². The van der Waals surface area contributed by atoms with Crippen LogP contribution in [0.25, 0.3) is 0 Å². The van der Waals surface area contributed by atoms with Crippen LogP contribution in [-0.2, 0) is 6.42 Å². The Balaban J connectivity index is 1.46. The molecular formula is C19H19N3O2S. The van der Waals surface area contributed by atoms with Crippen LogP contribution < -0.4 is 10.1 Å². The van der Waals surface area contributed by atoms with Crippen LogP contribution in [0.2, 0.25) is 0 Å². The highest BCUT2D eigenvalue weighted by molar-refractivity contribution is 7.15. The van der Waals surface area contributed by atoms with Crippen LogP contribution in [0.5, 0.6) is 5.75 Å². The van der Waals surface area contributed by atoms with E-state index in [1.165, 1.54) is 11.3 Å². The Kier molecular flexibility index (Phi) is 5.74. The molecule has 0 saturated carbocycles. The molecule has 2 aromatic carbocycles. The first-order valence-electron chi connectivity index (χ1n) is 8.09. The van der Waals surface area contributed by atoms with Gasteiger partial charge in [0, 0.05) is 12.0 Å². The van der Waals surface area contributed by atoms with Crippen molar-refractivity contribution in [3.8, 4) is 5.75 Å². The Morgan fingerprint density at radius 3 is 2.76 bits per heavy atom. The molecule has 1 heterocycles. The summed E-state index contributed by atoms with van der Waals surface area (Å²) in [4.78, 5) is 12.2. The Labute approximate surface area is 150 Å². The van der Waals surface area contributed by atoms with E-state index in [1.54, 1.807) is 6.07 Å². The zero-order valence-corrected chi connectivity index (χ0v) is 14.8. The number of nitrogens with zero attached hydrogens (tertiary/aromatic N) is 2. The maximum atomic E-state index is 12.2. The van der Waals surface area contributed by atoms with Gasteiger partial charge in [-0.25, -0.2) is 0 Å². The van der Waals surface area contributed by atoms with E-state index in [-0.39, 0.29) is 5.91 Å². The molecule has 25 heavy (non-hydrogen) atoms. The molecule has 0 atom stereocenters. The molecule has 0 aliphatic heterocycles. The van der Waals surface area contributed by atoms with Gasteiger partial charge in [0.2, 0.25) is 5.13 Å². The second-order valence-electron chi connectivity index (χ2n) is 5.59. The zero-order chi connectivity index (χ0) is 17.5. The van der Waals surface area contributed by atoms with E-state index >= 15 is 0 Å². The number of ether oxygens (including phenoxy) is 1. The first kappa shape index (κ1) is 17.1. The minimum atomic E-state index is -0.168. The summed E-state index contributed by atoms with van der Waals surface area (Å²) >= 11 is 1.40. The average molecular weight is 353 g/mol. The number of hydrogen-bond donors (Lipinski definition) is 1. The minimum absolute atomic E-state index is 0.168. The highest BCUT2D eigenvalue weighted by atomic mass is 32.1. The minimum Gasteiger partial charge on any atom is -0.494 e. The lowest BCUT2D eigenvalue weighted by atomic mass is 10.1. The highest BCUT2D eigenvalue weighted by Gasteiger charge is 2.10. The summed E-state index contributed by atoms with van der Waals surface area (Å²) in [7, 11) is 0. The Bertz CT molecular complexity index is 833. The van der Waals surface area contributed by atoms with Crippen LogP contribution in [-0.4, -0.2) is 22.7 Å². The molecule has 0 fully saturated rings. The number of rotatable bonds is 7. The van der Waals surface area contributed by atoms with E-state index < -0.39 is 0 Å².